The van der Waals surface area contributed by atoms with Crippen LogP contribution in [-0.4, -0.2) is 31.5 Å². The molecule has 2 rings (SSSR count). The molecule has 2 aromatic rings. The van der Waals surface area contributed by atoms with Gasteiger partial charge in [0.25, 0.3) is 0 Å². The van der Waals surface area contributed by atoms with Crippen LogP contribution in [0.25, 0.3) is 0 Å². The first kappa shape index (κ1) is 17.9. The number of anilines is 1. The zero-order valence-electron chi connectivity index (χ0n) is 11.6. The Morgan fingerprint density at radius 2 is 1.39 bits per heavy atom. The van der Waals surface area contributed by atoms with Gasteiger partial charge in [-0.1, -0.05) is 0 Å². The molecule has 0 atom stereocenters. The number of benzene rings is 1. The van der Waals surface area contributed by atoms with Gasteiger partial charge in [-0.3, -0.25) is 4.72 Å². The normalized spacial score (nSPS) is 13.0. The molecular weight excluding hydrogens is 384 g/mol. The Morgan fingerprint density at radius 3 is 1.83 bits per heavy atom. The van der Waals surface area contributed by atoms with Gasteiger partial charge in [-0.25, -0.2) is 30.4 Å². The third kappa shape index (κ3) is 4.29. The Bertz CT molecular complexity index is 1030. The van der Waals surface area contributed by atoms with Crippen molar-refractivity contribution in [2.75, 3.05) is 11.0 Å². The van der Waals surface area contributed by atoms with Crippen molar-refractivity contribution in [3.63, 3.8) is 0 Å². The summed E-state index contributed by atoms with van der Waals surface area (Å²) in [5, 5.41) is 4.95. The molecule has 8 nitrogen and oxygen atoms in total. The first-order chi connectivity index (χ1) is 10.4. The molecule has 23 heavy (non-hydrogen) atoms. The number of hydrogen-bond donors (Lipinski definition) is 2. The van der Waals surface area contributed by atoms with Gasteiger partial charge in [0.2, 0.25) is 29.9 Å². The maximum Gasteiger partial charge on any atom is 0.247 e. The summed E-state index contributed by atoms with van der Waals surface area (Å²) in [5.41, 5.74) is 0.211. The lowest BCUT2D eigenvalue weighted by molar-refractivity contribution is 0.597. The van der Waals surface area contributed by atoms with Gasteiger partial charge < -0.3 is 0 Å². The molecule has 1 aromatic carbocycles. The van der Waals surface area contributed by atoms with Crippen LogP contribution in [0.2, 0.25) is 0 Å². The molecule has 0 aliphatic rings. The van der Waals surface area contributed by atoms with Crippen molar-refractivity contribution in [3.8, 4) is 0 Å². The van der Waals surface area contributed by atoms with E-state index in [0.717, 1.165) is 18.4 Å². The summed E-state index contributed by atoms with van der Waals surface area (Å²) in [6, 6.07) is 7.30. The number of primary sulfonamides is 1. The molecule has 3 N–H and O–H groups in total. The fourth-order valence-corrected chi connectivity index (χ4v) is 5.79. The fourth-order valence-electron chi connectivity index (χ4n) is 1.63. The fraction of sp³-hybridized carbons (Fsp3) is 0.0909. The van der Waals surface area contributed by atoms with Crippen molar-refractivity contribution in [1.29, 1.82) is 0 Å². The van der Waals surface area contributed by atoms with Crippen LogP contribution >= 0.6 is 11.3 Å². The van der Waals surface area contributed by atoms with E-state index in [-0.39, 0.29) is 19.0 Å². The zero-order valence-corrected chi connectivity index (χ0v) is 14.9. The lowest BCUT2D eigenvalue weighted by Crippen LogP contribution is -2.10. The SMILES string of the molecule is CS(=O)(=O)Nc1ccc(S(=O)(=O)c2ccc(S(N)(=O)=O)s2)cc1. The monoisotopic (exact) mass is 396 g/mol. The summed E-state index contributed by atoms with van der Waals surface area (Å²) < 4.78 is 71.2. The van der Waals surface area contributed by atoms with Crippen molar-refractivity contribution in [2.24, 2.45) is 5.14 Å². The zero-order chi connectivity index (χ0) is 17.5. The van der Waals surface area contributed by atoms with Crippen molar-refractivity contribution in [1.82, 2.24) is 0 Å². The summed E-state index contributed by atoms with van der Waals surface area (Å²) >= 11 is 0.543. The smallest absolute Gasteiger partial charge is 0.247 e. The summed E-state index contributed by atoms with van der Waals surface area (Å²) in [4.78, 5) is -0.0978. The highest BCUT2D eigenvalue weighted by Crippen LogP contribution is 2.30. The number of rotatable bonds is 5. The Labute approximate surface area is 138 Å². The van der Waals surface area contributed by atoms with Gasteiger partial charge >= 0.3 is 0 Å². The van der Waals surface area contributed by atoms with Crippen molar-refractivity contribution < 1.29 is 25.3 Å². The molecule has 0 spiro atoms. The van der Waals surface area contributed by atoms with E-state index in [1.807, 2.05) is 0 Å². The summed E-state index contributed by atoms with van der Waals surface area (Å²) in [7, 11) is -11.4. The molecule has 0 fully saturated rings. The lowest BCUT2D eigenvalue weighted by Gasteiger charge is -2.05. The average Bonchev–Trinajstić information content (AvgIpc) is 2.87. The maximum atomic E-state index is 12.4. The van der Waals surface area contributed by atoms with Crippen molar-refractivity contribution in [2.45, 2.75) is 13.3 Å². The molecule has 0 radical (unpaired) electrons. The lowest BCUT2D eigenvalue weighted by atomic mass is 10.3. The number of nitrogens with one attached hydrogen (secondary N) is 1. The Balaban J connectivity index is 2.39. The minimum atomic E-state index is -3.97. The molecule has 0 amide bonds. The second-order valence-corrected chi connectivity index (χ2v) is 11.3. The maximum absolute atomic E-state index is 12.4. The minimum absolute atomic E-state index is 0.0978. The molecule has 0 aliphatic heterocycles. The molecule has 0 saturated heterocycles. The van der Waals surface area contributed by atoms with Gasteiger partial charge in [0.1, 0.15) is 8.42 Å². The van der Waals surface area contributed by atoms with Crippen LogP contribution in [0.15, 0.2) is 49.7 Å². The van der Waals surface area contributed by atoms with E-state index < -0.39 is 29.9 Å². The van der Waals surface area contributed by atoms with Crippen LogP contribution in [0.3, 0.4) is 0 Å². The molecule has 12 heteroatoms. The van der Waals surface area contributed by atoms with E-state index in [2.05, 4.69) is 4.72 Å². The van der Waals surface area contributed by atoms with Crippen LogP contribution in [0.1, 0.15) is 0 Å². The number of nitrogens with two attached hydrogens (primary N) is 1. The van der Waals surface area contributed by atoms with Gasteiger partial charge in [0.05, 0.1) is 11.2 Å². The van der Waals surface area contributed by atoms with E-state index in [4.69, 9.17) is 5.14 Å². The minimum Gasteiger partial charge on any atom is -0.284 e. The molecule has 0 aliphatic carbocycles. The second kappa shape index (κ2) is 5.87. The van der Waals surface area contributed by atoms with Crippen molar-refractivity contribution in [3.05, 3.63) is 36.4 Å². The Morgan fingerprint density at radius 1 is 0.870 bits per heavy atom. The predicted molar refractivity (Wildman–Crippen MR) is 86.1 cm³/mol. The van der Waals surface area contributed by atoms with E-state index in [1.54, 1.807) is 0 Å². The molecule has 1 heterocycles. The van der Waals surface area contributed by atoms with Crippen LogP contribution in [-0.2, 0) is 29.9 Å². The highest BCUT2D eigenvalue weighted by Gasteiger charge is 2.22. The largest absolute Gasteiger partial charge is 0.284 e. The third-order valence-electron chi connectivity index (χ3n) is 2.57. The summed E-state index contributed by atoms with van der Waals surface area (Å²) in [6.07, 6.45) is 0.970. The van der Waals surface area contributed by atoms with E-state index in [9.17, 15) is 25.3 Å². The third-order valence-corrected chi connectivity index (χ3v) is 7.96. The first-order valence-corrected chi connectivity index (χ1v) is 11.6. The predicted octanol–water partition coefficient (Wildman–Crippen LogP) is 0.600. The summed E-state index contributed by atoms with van der Waals surface area (Å²) in [6.45, 7) is 0. The Kier molecular flexibility index (Phi) is 4.56. The molecule has 0 unspecified atom stereocenters. The number of sulfonamides is 2. The van der Waals surface area contributed by atoms with Gasteiger partial charge in [0.15, 0.2) is 0 Å². The molecule has 0 saturated carbocycles. The van der Waals surface area contributed by atoms with Gasteiger partial charge in [0, 0.05) is 5.69 Å². The van der Waals surface area contributed by atoms with Crippen LogP contribution in [0.5, 0.6) is 0 Å². The van der Waals surface area contributed by atoms with Crippen LogP contribution in [0.4, 0.5) is 5.69 Å². The Hall–Kier alpha value is -1.47. The number of thiophene rings is 1. The standard InChI is InChI=1S/C11H12N2O6S4/c1-21(14,15)13-8-2-4-9(5-3-8)22(16,17)10-6-7-11(20-10)23(12,18)19/h2-7,13H,1H3,(H2,12,18,19). The van der Waals surface area contributed by atoms with Crippen LogP contribution in [0, 0.1) is 0 Å². The van der Waals surface area contributed by atoms with E-state index >= 15 is 0 Å². The second-order valence-electron chi connectivity index (χ2n) is 4.52. The van der Waals surface area contributed by atoms with Gasteiger partial charge in [-0.15, -0.1) is 11.3 Å². The topological polar surface area (TPSA) is 140 Å². The first-order valence-electron chi connectivity index (χ1n) is 5.85. The quantitative estimate of drug-likeness (QED) is 0.758. The van der Waals surface area contributed by atoms with Gasteiger partial charge in [-0.2, -0.15) is 0 Å². The van der Waals surface area contributed by atoms with E-state index in [0.29, 0.717) is 11.3 Å². The number of sulfone groups is 1. The van der Waals surface area contributed by atoms with E-state index in [1.165, 1.54) is 24.3 Å². The molecule has 126 valence electrons. The summed E-state index contributed by atoms with van der Waals surface area (Å²) in [5.74, 6) is 0. The number of hydrogen-bond acceptors (Lipinski definition) is 7. The molecular formula is C11H12N2O6S4. The van der Waals surface area contributed by atoms with Crippen LogP contribution < -0.4 is 9.86 Å². The average molecular weight is 396 g/mol. The highest BCUT2D eigenvalue weighted by atomic mass is 32.3. The molecule has 1 aromatic heterocycles. The van der Waals surface area contributed by atoms with Gasteiger partial charge in [-0.05, 0) is 36.4 Å². The molecule has 0 bridgehead atoms. The highest BCUT2D eigenvalue weighted by molar-refractivity contribution is 7.95. The van der Waals surface area contributed by atoms with Crippen molar-refractivity contribution >= 4 is 46.9 Å².